The van der Waals surface area contributed by atoms with Gasteiger partial charge in [-0.3, -0.25) is 14.3 Å². The molecule has 140 valence electrons. The predicted molar refractivity (Wildman–Crippen MR) is 96.9 cm³/mol. The fourth-order valence-electron chi connectivity index (χ4n) is 3.16. The van der Waals surface area contributed by atoms with Gasteiger partial charge in [-0.05, 0) is 32.6 Å². The quantitative estimate of drug-likeness (QED) is 0.805. The van der Waals surface area contributed by atoms with Gasteiger partial charge in [0.25, 0.3) is 5.91 Å². The predicted octanol–water partition coefficient (Wildman–Crippen LogP) is 0.385. The largest absolute Gasteiger partial charge is 0.385 e. The van der Waals surface area contributed by atoms with Gasteiger partial charge in [0.2, 0.25) is 5.56 Å². The van der Waals surface area contributed by atoms with E-state index in [1.807, 2.05) is 36.7 Å². The highest BCUT2D eigenvalue weighted by atomic mass is 16.3. The lowest BCUT2D eigenvalue weighted by Crippen LogP contribution is -2.38. The van der Waals surface area contributed by atoms with Crippen LogP contribution in [0.5, 0.6) is 0 Å². The fraction of sp³-hybridized carbons (Fsp3) is 0.500. The zero-order valence-corrected chi connectivity index (χ0v) is 15.4. The highest BCUT2D eigenvalue weighted by molar-refractivity contribution is 5.94. The minimum Gasteiger partial charge on any atom is -0.385 e. The van der Waals surface area contributed by atoms with Gasteiger partial charge in [-0.2, -0.15) is 5.10 Å². The second kappa shape index (κ2) is 7.43. The maximum atomic E-state index is 12.8. The average Bonchev–Trinajstić information content (AvgIpc) is 3.03. The number of pyridine rings is 1. The number of carbonyl (C=O) groups is 1. The Morgan fingerprint density at radius 3 is 2.81 bits per heavy atom. The van der Waals surface area contributed by atoms with E-state index in [-0.39, 0.29) is 11.5 Å². The Hall–Kier alpha value is -2.45. The van der Waals surface area contributed by atoms with E-state index in [1.54, 1.807) is 11.0 Å². The lowest BCUT2D eigenvalue weighted by molar-refractivity contribution is 0.0705. The molecule has 0 saturated heterocycles. The number of aromatic nitrogens is 3. The topological polar surface area (TPSA) is 94.5 Å². The van der Waals surface area contributed by atoms with Crippen LogP contribution in [0.15, 0.2) is 23.0 Å². The minimum absolute atomic E-state index is 0.159. The van der Waals surface area contributed by atoms with Crippen molar-refractivity contribution in [3.63, 3.8) is 0 Å². The molecule has 0 aliphatic carbocycles. The van der Waals surface area contributed by atoms with Gasteiger partial charge < -0.3 is 19.9 Å². The number of likely N-dealkylation sites (N-methyl/N-ethyl adjacent to an activating group) is 1. The molecule has 0 radical (unpaired) electrons. The van der Waals surface area contributed by atoms with Crippen LogP contribution in [-0.4, -0.2) is 62.8 Å². The van der Waals surface area contributed by atoms with Crippen molar-refractivity contribution in [3.05, 3.63) is 51.2 Å². The summed E-state index contributed by atoms with van der Waals surface area (Å²) in [6, 6.07) is 4.93. The van der Waals surface area contributed by atoms with Crippen molar-refractivity contribution in [2.45, 2.75) is 32.5 Å². The van der Waals surface area contributed by atoms with Gasteiger partial charge >= 0.3 is 0 Å². The monoisotopic (exact) mass is 359 g/mol. The number of aryl methyl sites for hydroxylation is 1. The molecule has 0 unspecified atom stereocenters. The molecule has 1 aliphatic heterocycles. The summed E-state index contributed by atoms with van der Waals surface area (Å²) in [6.07, 6.45) is 0.00281. The zero-order chi connectivity index (χ0) is 18.8. The van der Waals surface area contributed by atoms with E-state index in [2.05, 4.69) is 10.1 Å². The van der Waals surface area contributed by atoms with Crippen LogP contribution in [0.1, 0.15) is 40.5 Å². The Balaban J connectivity index is 1.78. The molecular weight excluding hydrogens is 334 g/mol. The highest BCUT2D eigenvalue weighted by Crippen LogP contribution is 2.20. The first-order valence-electron chi connectivity index (χ1n) is 8.79. The molecule has 1 aliphatic rings. The number of nitrogens with one attached hydrogen (secondary N) is 1. The number of aliphatic hydroxyl groups excluding tert-OH is 1. The van der Waals surface area contributed by atoms with E-state index in [0.29, 0.717) is 43.9 Å². The summed E-state index contributed by atoms with van der Waals surface area (Å²) >= 11 is 0. The Morgan fingerprint density at radius 1 is 1.35 bits per heavy atom. The van der Waals surface area contributed by atoms with Crippen molar-refractivity contribution in [2.75, 3.05) is 27.2 Å². The highest BCUT2D eigenvalue weighted by Gasteiger charge is 2.25. The molecule has 8 nitrogen and oxygen atoms in total. The number of fused-ring (bicyclic) bond motifs is 1. The normalized spacial score (nSPS) is 15.2. The third-order valence-corrected chi connectivity index (χ3v) is 4.51. The summed E-state index contributed by atoms with van der Waals surface area (Å²) < 4.78 is 1.84. The van der Waals surface area contributed by atoms with Crippen LogP contribution in [0, 0.1) is 0 Å². The maximum Gasteiger partial charge on any atom is 0.254 e. The molecule has 1 amide bonds. The van der Waals surface area contributed by atoms with Crippen LogP contribution in [0.2, 0.25) is 0 Å². The smallest absolute Gasteiger partial charge is 0.254 e. The standard InChI is InChI=1S/C18H25N5O3/c1-4-13-7-12(8-17(25)19-13)18(26)22-5-6-23-14(10-22)9-15(20-23)16(24)11-21(2)3/h7-9,16,24H,4-6,10-11H2,1-3H3,(H,19,25)/t16-/m0/s1. The van der Waals surface area contributed by atoms with Gasteiger partial charge in [0.15, 0.2) is 0 Å². The van der Waals surface area contributed by atoms with Gasteiger partial charge in [-0.1, -0.05) is 6.92 Å². The van der Waals surface area contributed by atoms with Crippen LogP contribution in [0.3, 0.4) is 0 Å². The summed E-state index contributed by atoms with van der Waals surface area (Å²) in [6.45, 7) is 3.92. The van der Waals surface area contributed by atoms with Gasteiger partial charge in [-0.25, -0.2) is 0 Å². The third-order valence-electron chi connectivity index (χ3n) is 4.51. The van der Waals surface area contributed by atoms with E-state index >= 15 is 0 Å². The number of aliphatic hydroxyl groups is 1. The SMILES string of the molecule is CCc1cc(C(=O)N2CCn3nc([C@@H](O)CN(C)C)cc3C2)cc(=O)[nH]1. The molecular formula is C18H25N5O3. The lowest BCUT2D eigenvalue weighted by Gasteiger charge is -2.27. The number of hydrogen-bond acceptors (Lipinski definition) is 5. The molecule has 0 bridgehead atoms. The van der Waals surface area contributed by atoms with Crippen LogP contribution < -0.4 is 5.56 Å². The maximum absolute atomic E-state index is 12.8. The van der Waals surface area contributed by atoms with Crippen molar-refractivity contribution in [1.82, 2.24) is 24.6 Å². The Morgan fingerprint density at radius 2 is 2.12 bits per heavy atom. The van der Waals surface area contributed by atoms with Crippen LogP contribution in [-0.2, 0) is 19.5 Å². The summed E-state index contributed by atoms with van der Waals surface area (Å²) in [4.78, 5) is 30.9. The number of carbonyl (C=O) groups excluding carboxylic acids is 1. The summed E-state index contributed by atoms with van der Waals surface area (Å²) in [5.41, 5.74) is 2.40. The first-order valence-corrected chi connectivity index (χ1v) is 8.79. The molecule has 26 heavy (non-hydrogen) atoms. The van der Waals surface area contributed by atoms with E-state index in [9.17, 15) is 14.7 Å². The molecule has 2 aromatic heterocycles. The Kier molecular flexibility index (Phi) is 5.24. The Bertz CT molecular complexity index is 855. The van der Waals surface area contributed by atoms with Crippen molar-refractivity contribution < 1.29 is 9.90 Å². The van der Waals surface area contributed by atoms with Gasteiger partial charge in [0, 0.05) is 30.4 Å². The second-order valence-corrected chi connectivity index (χ2v) is 6.90. The minimum atomic E-state index is -0.660. The van der Waals surface area contributed by atoms with E-state index < -0.39 is 6.10 Å². The first kappa shape index (κ1) is 18.3. The Labute approximate surface area is 152 Å². The van der Waals surface area contributed by atoms with Crippen molar-refractivity contribution in [3.8, 4) is 0 Å². The van der Waals surface area contributed by atoms with Crippen molar-refractivity contribution in [1.29, 1.82) is 0 Å². The number of rotatable bonds is 5. The van der Waals surface area contributed by atoms with Gasteiger partial charge in [0.1, 0.15) is 6.10 Å². The summed E-state index contributed by atoms with van der Waals surface area (Å²) in [7, 11) is 3.79. The second-order valence-electron chi connectivity index (χ2n) is 6.90. The van der Waals surface area contributed by atoms with Crippen LogP contribution >= 0.6 is 0 Å². The summed E-state index contributed by atoms with van der Waals surface area (Å²) in [5.74, 6) is -0.159. The van der Waals surface area contributed by atoms with E-state index in [0.717, 1.165) is 11.4 Å². The molecule has 2 aromatic rings. The number of hydrogen-bond donors (Lipinski definition) is 2. The van der Waals surface area contributed by atoms with Crippen molar-refractivity contribution >= 4 is 5.91 Å². The zero-order valence-electron chi connectivity index (χ0n) is 15.4. The number of H-pyrrole nitrogens is 1. The van der Waals surface area contributed by atoms with Crippen molar-refractivity contribution in [2.24, 2.45) is 0 Å². The molecule has 0 saturated carbocycles. The number of aromatic amines is 1. The summed E-state index contributed by atoms with van der Waals surface area (Å²) in [5, 5.41) is 14.7. The molecule has 2 N–H and O–H groups in total. The number of amides is 1. The first-order chi connectivity index (χ1) is 12.4. The molecule has 3 heterocycles. The van der Waals surface area contributed by atoms with E-state index in [4.69, 9.17) is 0 Å². The van der Waals surface area contributed by atoms with Gasteiger partial charge in [-0.15, -0.1) is 0 Å². The molecule has 0 spiro atoms. The lowest BCUT2D eigenvalue weighted by atomic mass is 10.1. The van der Waals surface area contributed by atoms with Crippen LogP contribution in [0.25, 0.3) is 0 Å². The fourth-order valence-corrected chi connectivity index (χ4v) is 3.16. The molecule has 8 heteroatoms. The van der Waals surface area contributed by atoms with Crippen LogP contribution in [0.4, 0.5) is 0 Å². The van der Waals surface area contributed by atoms with Gasteiger partial charge in [0.05, 0.1) is 24.5 Å². The third kappa shape index (κ3) is 3.86. The van der Waals surface area contributed by atoms with E-state index in [1.165, 1.54) is 6.07 Å². The molecule has 1 atom stereocenters. The number of nitrogens with zero attached hydrogens (tertiary/aromatic N) is 4. The molecule has 3 rings (SSSR count). The average molecular weight is 359 g/mol. The molecule has 0 aromatic carbocycles. The molecule has 0 fully saturated rings.